The first-order valence-electron chi connectivity index (χ1n) is 10.8. The van der Waals surface area contributed by atoms with Crippen LogP contribution in [-0.4, -0.2) is 21.9 Å². The third-order valence-corrected chi connectivity index (χ3v) is 5.71. The Morgan fingerprint density at radius 1 is 0.800 bits per heavy atom. The Balaban J connectivity index is 1.45. The number of benzene rings is 3. The molecule has 0 radical (unpaired) electrons. The summed E-state index contributed by atoms with van der Waals surface area (Å²) in [7, 11) is 0. The SMILES string of the molecule is O=C1NC(=S)N(c2ccc(Oc3ccccc3)cc2)C(=O)C1=Cc1ccccc1-c1ccncc1. The minimum atomic E-state index is -0.537. The van der Waals surface area contributed by atoms with Crippen LogP contribution in [0.4, 0.5) is 5.69 Å². The van der Waals surface area contributed by atoms with Gasteiger partial charge in [-0.2, -0.15) is 0 Å². The van der Waals surface area contributed by atoms with Crippen LogP contribution in [0.5, 0.6) is 11.5 Å². The van der Waals surface area contributed by atoms with E-state index in [0.717, 1.165) is 16.7 Å². The average Bonchev–Trinajstić information content (AvgIpc) is 2.89. The van der Waals surface area contributed by atoms with Gasteiger partial charge in [0.05, 0.1) is 5.69 Å². The number of carbonyl (C=O) groups excluding carboxylic acids is 2. The van der Waals surface area contributed by atoms with Crippen LogP contribution in [0.1, 0.15) is 5.56 Å². The van der Waals surface area contributed by atoms with Crippen molar-refractivity contribution in [3.05, 3.63) is 115 Å². The zero-order chi connectivity index (χ0) is 24.2. The lowest BCUT2D eigenvalue weighted by Gasteiger charge is -2.29. The minimum Gasteiger partial charge on any atom is -0.457 e. The lowest BCUT2D eigenvalue weighted by molar-refractivity contribution is -0.122. The Bertz CT molecular complexity index is 1440. The third kappa shape index (κ3) is 4.71. The van der Waals surface area contributed by atoms with Gasteiger partial charge in [0.1, 0.15) is 17.1 Å². The van der Waals surface area contributed by atoms with E-state index in [4.69, 9.17) is 17.0 Å². The highest BCUT2D eigenvalue weighted by atomic mass is 32.1. The van der Waals surface area contributed by atoms with Crippen LogP contribution in [0, 0.1) is 0 Å². The number of hydrogen-bond acceptors (Lipinski definition) is 5. The number of nitrogens with zero attached hydrogens (tertiary/aromatic N) is 2. The molecule has 35 heavy (non-hydrogen) atoms. The first-order chi connectivity index (χ1) is 17.1. The van der Waals surface area contributed by atoms with E-state index in [9.17, 15) is 9.59 Å². The first kappa shape index (κ1) is 22.2. The summed E-state index contributed by atoms with van der Waals surface area (Å²) in [5.74, 6) is 0.279. The maximum Gasteiger partial charge on any atom is 0.270 e. The standard InChI is InChI=1S/C28H19N3O3S/c32-26-25(18-20-6-4-5-9-24(20)19-14-16-29-17-15-19)27(33)31(28(35)30-26)21-10-12-23(13-11-21)34-22-7-2-1-3-8-22/h1-18H,(H,30,32,35). The van der Waals surface area contributed by atoms with Gasteiger partial charge in [-0.05, 0) is 83.5 Å². The zero-order valence-electron chi connectivity index (χ0n) is 18.4. The smallest absolute Gasteiger partial charge is 0.270 e. The lowest BCUT2D eigenvalue weighted by Crippen LogP contribution is -2.54. The number of anilines is 1. The van der Waals surface area contributed by atoms with Gasteiger partial charge in [0.2, 0.25) is 0 Å². The molecule has 2 heterocycles. The molecule has 0 saturated carbocycles. The Morgan fingerprint density at radius 3 is 2.20 bits per heavy atom. The van der Waals surface area contributed by atoms with E-state index in [-0.39, 0.29) is 10.7 Å². The predicted molar refractivity (Wildman–Crippen MR) is 139 cm³/mol. The lowest BCUT2D eigenvalue weighted by atomic mass is 9.98. The van der Waals surface area contributed by atoms with Gasteiger partial charge in [0.15, 0.2) is 5.11 Å². The average molecular weight is 478 g/mol. The van der Waals surface area contributed by atoms with Crippen LogP contribution < -0.4 is 15.0 Å². The van der Waals surface area contributed by atoms with E-state index in [1.54, 1.807) is 42.7 Å². The second-order valence-electron chi connectivity index (χ2n) is 7.69. The summed E-state index contributed by atoms with van der Waals surface area (Å²) in [4.78, 5) is 31.6. The van der Waals surface area contributed by atoms with Gasteiger partial charge < -0.3 is 4.74 Å². The molecule has 1 aromatic heterocycles. The molecule has 1 aliphatic rings. The number of thiocarbonyl (C=S) groups is 1. The molecule has 7 heteroatoms. The molecular weight excluding hydrogens is 458 g/mol. The normalized spacial score (nSPS) is 14.7. The Hall–Kier alpha value is -4.62. The number of nitrogens with one attached hydrogen (secondary N) is 1. The fraction of sp³-hybridized carbons (Fsp3) is 0. The molecule has 0 atom stereocenters. The van der Waals surface area contributed by atoms with Crippen LogP contribution in [-0.2, 0) is 9.59 Å². The molecule has 4 aromatic rings. The molecule has 0 bridgehead atoms. The summed E-state index contributed by atoms with van der Waals surface area (Å²) < 4.78 is 5.82. The number of rotatable bonds is 5. The maximum absolute atomic E-state index is 13.4. The fourth-order valence-corrected chi connectivity index (χ4v) is 4.03. The van der Waals surface area contributed by atoms with Gasteiger partial charge in [0.25, 0.3) is 11.8 Å². The second kappa shape index (κ2) is 9.70. The molecular formula is C28H19N3O3S. The van der Waals surface area contributed by atoms with Crippen molar-refractivity contribution in [1.29, 1.82) is 0 Å². The largest absolute Gasteiger partial charge is 0.457 e. The van der Waals surface area contributed by atoms with Gasteiger partial charge in [-0.25, -0.2) is 0 Å². The maximum atomic E-state index is 13.4. The molecule has 1 aliphatic heterocycles. The van der Waals surface area contributed by atoms with Crippen molar-refractivity contribution in [2.45, 2.75) is 0 Å². The van der Waals surface area contributed by atoms with Gasteiger partial charge in [0, 0.05) is 12.4 Å². The van der Waals surface area contributed by atoms with Gasteiger partial charge in [-0.3, -0.25) is 24.8 Å². The second-order valence-corrected chi connectivity index (χ2v) is 8.08. The number of pyridine rings is 1. The molecule has 1 N–H and O–H groups in total. The van der Waals surface area contributed by atoms with Crippen LogP contribution >= 0.6 is 12.2 Å². The van der Waals surface area contributed by atoms with E-state index < -0.39 is 11.8 Å². The Kier molecular flexibility index (Phi) is 6.15. The fourth-order valence-electron chi connectivity index (χ4n) is 3.75. The highest BCUT2D eigenvalue weighted by Crippen LogP contribution is 2.29. The van der Waals surface area contributed by atoms with Crippen LogP contribution in [0.2, 0.25) is 0 Å². The van der Waals surface area contributed by atoms with Gasteiger partial charge >= 0.3 is 0 Å². The summed E-state index contributed by atoms with van der Waals surface area (Å²) >= 11 is 5.33. The number of amides is 2. The molecule has 1 fully saturated rings. The summed E-state index contributed by atoms with van der Waals surface area (Å²) in [5, 5.41) is 2.65. The number of ether oxygens (including phenoxy) is 1. The van der Waals surface area contributed by atoms with Crippen molar-refractivity contribution in [1.82, 2.24) is 10.3 Å². The molecule has 170 valence electrons. The van der Waals surface area contributed by atoms with Crippen LogP contribution in [0.15, 0.2) is 109 Å². The number of carbonyl (C=O) groups is 2. The molecule has 2 amide bonds. The summed E-state index contributed by atoms with van der Waals surface area (Å²) in [6.45, 7) is 0. The number of aromatic nitrogens is 1. The highest BCUT2D eigenvalue weighted by Gasteiger charge is 2.34. The van der Waals surface area contributed by atoms with Crippen molar-refractivity contribution in [2.24, 2.45) is 0 Å². The van der Waals surface area contributed by atoms with Crippen LogP contribution in [0.3, 0.4) is 0 Å². The van der Waals surface area contributed by atoms with E-state index in [1.165, 1.54) is 4.90 Å². The molecule has 1 saturated heterocycles. The Morgan fingerprint density at radius 2 is 1.46 bits per heavy atom. The quantitative estimate of drug-likeness (QED) is 0.238. The van der Waals surface area contributed by atoms with Crippen LogP contribution in [0.25, 0.3) is 17.2 Å². The van der Waals surface area contributed by atoms with Gasteiger partial charge in [-0.1, -0.05) is 42.5 Å². The Labute approximate surface area is 207 Å². The first-order valence-corrected chi connectivity index (χ1v) is 11.2. The van der Waals surface area contributed by atoms with E-state index in [1.807, 2.05) is 66.7 Å². The summed E-state index contributed by atoms with van der Waals surface area (Å²) in [6.07, 6.45) is 4.99. The highest BCUT2D eigenvalue weighted by molar-refractivity contribution is 7.80. The molecule has 0 unspecified atom stereocenters. The van der Waals surface area contributed by atoms with E-state index in [2.05, 4.69) is 10.3 Å². The monoisotopic (exact) mass is 477 g/mol. The molecule has 0 spiro atoms. The van der Waals surface area contributed by atoms with Gasteiger partial charge in [-0.15, -0.1) is 0 Å². The van der Waals surface area contributed by atoms with Crippen molar-refractivity contribution < 1.29 is 14.3 Å². The topological polar surface area (TPSA) is 71.5 Å². The molecule has 0 aliphatic carbocycles. The molecule has 3 aromatic carbocycles. The zero-order valence-corrected chi connectivity index (χ0v) is 19.2. The molecule has 6 nitrogen and oxygen atoms in total. The van der Waals surface area contributed by atoms with E-state index >= 15 is 0 Å². The number of hydrogen-bond donors (Lipinski definition) is 1. The predicted octanol–water partition coefficient (Wildman–Crippen LogP) is 5.37. The molecule has 5 rings (SSSR count). The summed E-state index contributed by atoms with van der Waals surface area (Å²) in [5.41, 5.74) is 3.05. The number of para-hydroxylation sites is 1. The minimum absolute atomic E-state index is 0.00952. The van der Waals surface area contributed by atoms with E-state index in [0.29, 0.717) is 17.2 Å². The summed E-state index contributed by atoms with van der Waals surface area (Å²) in [6, 6.07) is 27.6. The van der Waals surface area contributed by atoms with Crippen molar-refractivity contribution in [3.8, 4) is 22.6 Å². The third-order valence-electron chi connectivity index (χ3n) is 5.43. The van der Waals surface area contributed by atoms with Crippen molar-refractivity contribution >= 4 is 40.9 Å². The van der Waals surface area contributed by atoms with Crippen molar-refractivity contribution in [2.75, 3.05) is 4.90 Å². The van der Waals surface area contributed by atoms with Crippen molar-refractivity contribution in [3.63, 3.8) is 0 Å².